The van der Waals surface area contributed by atoms with Crippen molar-refractivity contribution in [3.63, 3.8) is 0 Å². The first-order chi connectivity index (χ1) is 14.1. The fraction of sp³-hybridized carbons (Fsp3) is 0.0870. The fourth-order valence-electron chi connectivity index (χ4n) is 3.27. The lowest BCUT2D eigenvalue weighted by Gasteiger charge is -2.21. The number of pyridine rings is 2. The summed E-state index contributed by atoms with van der Waals surface area (Å²) in [6.07, 6.45) is 3.02. The molecule has 6 nitrogen and oxygen atoms in total. The molecule has 2 heterocycles. The highest BCUT2D eigenvalue weighted by atomic mass is 16.2. The van der Waals surface area contributed by atoms with Crippen LogP contribution in [0, 0.1) is 0 Å². The summed E-state index contributed by atoms with van der Waals surface area (Å²) in [6.45, 7) is 0. The molecule has 0 spiro atoms. The summed E-state index contributed by atoms with van der Waals surface area (Å²) in [5, 5.41) is 3.71. The van der Waals surface area contributed by atoms with E-state index in [1.807, 2.05) is 65.2 Å². The molecule has 144 valence electrons. The molecule has 2 aromatic carbocycles. The average molecular weight is 384 g/mol. The quantitative estimate of drug-likeness (QED) is 0.581. The highest BCUT2D eigenvalue weighted by molar-refractivity contribution is 6.06. The number of rotatable bonds is 4. The highest BCUT2D eigenvalue weighted by Crippen LogP contribution is 2.27. The fourth-order valence-corrected chi connectivity index (χ4v) is 3.27. The first-order valence-electron chi connectivity index (χ1n) is 9.19. The number of fused-ring (bicyclic) bond motifs is 1. The molecule has 0 unspecified atom stereocenters. The molecule has 4 rings (SSSR count). The Balaban J connectivity index is 2.09. The lowest BCUT2D eigenvalue weighted by molar-refractivity contribution is 0.0829. The third-order valence-corrected chi connectivity index (χ3v) is 4.61. The van der Waals surface area contributed by atoms with Gasteiger partial charge in [-0.15, -0.1) is 0 Å². The van der Waals surface area contributed by atoms with Crippen LogP contribution in [0.15, 0.2) is 83.9 Å². The molecule has 0 saturated heterocycles. The molecular formula is C23H20N4O2. The lowest BCUT2D eigenvalue weighted by atomic mass is 10.1. The smallest absolute Gasteiger partial charge is 0.257 e. The SMILES string of the molecule is CN(C)C(=O)c1cncc2c(=O)cc(Nc3ccccc3)n(-c3ccccc3)c12. The molecule has 0 fully saturated rings. The van der Waals surface area contributed by atoms with Gasteiger partial charge in [0.1, 0.15) is 5.82 Å². The number of para-hydroxylation sites is 2. The predicted molar refractivity (Wildman–Crippen MR) is 115 cm³/mol. The van der Waals surface area contributed by atoms with Crippen LogP contribution in [0.1, 0.15) is 10.4 Å². The van der Waals surface area contributed by atoms with Crippen molar-refractivity contribution < 1.29 is 4.79 Å². The first kappa shape index (κ1) is 18.4. The summed E-state index contributed by atoms with van der Waals surface area (Å²) >= 11 is 0. The Kier molecular flexibility index (Phi) is 4.83. The average Bonchev–Trinajstić information content (AvgIpc) is 2.74. The second kappa shape index (κ2) is 7.59. The minimum Gasteiger partial charge on any atom is -0.345 e. The minimum absolute atomic E-state index is 0.202. The van der Waals surface area contributed by atoms with Gasteiger partial charge in [0, 0.05) is 43.9 Å². The molecule has 0 aliphatic heterocycles. The van der Waals surface area contributed by atoms with E-state index in [2.05, 4.69) is 10.3 Å². The molecule has 0 atom stereocenters. The van der Waals surface area contributed by atoms with E-state index in [1.165, 1.54) is 23.4 Å². The van der Waals surface area contributed by atoms with Crippen LogP contribution < -0.4 is 10.7 Å². The molecule has 29 heavy (non-hydrogen) atoms. The van der Waals surface area contributed by atoms with E-state index in [9.17, 15) is 9.59 Å². The van der Waals surface area contributed by atoms with Crippen LogP contribution >= 0.6 is 0 Å². The van der Waals surface area contributed by atoms with E-state index < -0.39 is 0 Å². The van der Waals surface area contributed by atoms with E-state index >= 15 is 0 Å². The summed E-state index contributed by atoms with van der Waals surface area (Å²) in [4.78, 5) is 31.4. The maximum Gasteiger partial charge on any atom is 0.257 e. The van der Waals surface area contributed by atoms with Gasteiger partial charge in [0.25, 0.3) is 5.91 Å². The maximum atomic E-state index is 12.9. The molecular weight excluding hydrogens is 364 g/mol. The van der Waals surface area contributed by atoms with E-state index in [1.54, 1.807) is 14.1 Å². The molecule has 0 bridgehead atoms. The van der Waals surface area contributed by atoms with Crippen LogP contribution in [0.3, 0.4) is 0 Å². The van der Waals surface area contributed by atoms with Crippen molar-refractivity contribution in [2.24, 2.45) is 0 Å². The third kappa shape index (κ3) is 3.48. The summed E-state index contributed by atoms with van der Waals surface area (Å²) < 4.78 is 1.89. The van der Waals surface area contributed by atoms with Crippen molar-refractivity contribution in [2.75, 3.05) is 19.4 Å². The normalized spacial score (nSPS) is 10.7. The molecule has 6 heteroatoms. The molecule has 0 aliphatic carbocycles. The standard InChI is InChI=1S/C23H20N4O2/c1-26(2)23(29)19-15-24-14-18-20(28)13-21(25-16-9-5-3-6-10-16)27(22(18)19)17-11-7-4-8-12-17/h3-15,25H,1-2H3. The van der Waals surface area contributed by atoms with Crippen molar-refractivity contribution in [1.82, 2.24) is 14.5 Å². The Morgan fingerprint density at radius 1 is 0.966 bits per heavy atom. The molecule has 1 amide bonds. The zero-order valence-corrected chi connectivity index (χ0v) is 16.2. The zero-order chi connectivity index (χ0) is 20.4. The lowest BCUT2D eigenvalue weighted by Crippen LogP contribution is -2.24. The number of amides is 1. The van der Waals surface area contributed by atoms with Gasteiger partial charge >= 0.3 is 0 Å². The number of hydrogen-bond donors (Lipinski definition) is 1. The molecule has 0 aliphatic rings. The van der Waals surface area contributed by atoms with Crippen molar-refractivity contribution in [1.29, 1.82) is 0 Å². The van der Waals surface area contributed by atoms with Gasteiger partial charge in [-0.05, 0) is 24.3 Å². The predicted octanol–water partition coefficient (Wildman–Crippen LogP) is 3.83. The number of carbonyl (C=O) groups is 1. The number of nitrogens with one attached hydrogen (secondary N) is 1. The van der Waals surface area contributed by atoms with Gasteiger partial charge in [-0.1, -0.05) is 36.4 Å². The van der Waals surface area contributed by atoms with Gasteiger partial charge in [0.2, 0.25) is 0 Å². The maximum absolute atomic E-state index is 12.9. The summed E-state index contributed by atoms with van der Waals surface area (Å²) in [6, 6.07) is 20.8. The molecule has 1 N–H and O–H groups in total. The van der Waals surface area contributed by atoms with Crippen LogP contribution in [-0.2, 0) is 0 Å². The Hall–Kier alpha value is -3.93. The van der Waals surface area contributed by atoms with E-state index in [-0.39, 0.29) is 11.3 Å². The zero-order valence-electron chi connectivity index (χ0n) is 16.2. The Morgan fingerprint density at radius 3 is 2.28 bits per heavy atom. The second-order valence-electron chi connectivity index (χ2n) is 6.84. The van der Waals surface area contributed by atoms with Crippen LogP contribution in [0.25, 0.3) is 16.6 Å². The van der Waals surface area contributed by atoms with Crippen molar-refractivity contribution in [3.05, 3.63) is 94.9 Å². The van der Waals surface area contributed by atoms with Gasteiger partial charge in [-0.25, -0.2) is 0 Å². The topological polar surface area (TPSA) is 67.2 Å². The number of carbonyl (C=O) groups excluding carboxylic acids is 1. The Labute approximate surface area is 168 Å². The number of benzene rings is 2. The number of hydrogen-bond acceptors (Lipinski definition) is 4. The molecule has 0 radical (unpaired) electrons. The molecule has 0 saturated carbocycles. The minimum atomic E-state index is -0.218. The van der Waals surface area contributed by atoms with Gasteiger partial charge in [-0.3, -0.25) is 19.1 Å². The largest absolute Gasteiger partial charge is 0.345 e. The van der Waals surface area contributed by atoms with Crippen molar-refractivity contribution in [2.45, 2.75) is 0 Å². The first-order valence-corrected chi connectivity index (χ1v) is 9.19. The summed E-state index contributed by atoms with van der Waals surface area (Å²) in [5.74, 6) is 0.350. The highest BCUT2D eigenvalue weighted by Gasteiger charge is 2.20. The van der Waals surface area contributed by atoms with E-state index in [4.69, 9.17) is 0 Å². The third-order valence-electron chi connectivity index (χ3n) is 4.61. The van der Waals surface area contributed by atoms with Gasteiger partial charge in [0.05, 0.1) is 16.5 Å². The number of anilines is 2. The number of aromatic nitrogens is 2. The monoisotopic (exact) mass is 384 g/mol. The van der Waals surface area contributed by atoms with Crippen LogP contribution in [-0.4, -0.2) is 34.5 Å². The van der Waals surface area contributed by atoms with E-state index in [0.717, 1.165) is 11.4 Å². The van der Waals surface area contributed by atoms with Crippen molar-refractivity contribution in [3.8, 4) is 5.69 Å². The Morgan fingerprint density at radius 2 is 1.62 bits per heavy atom. The van der Waals surface area contributed by atoms with Gasteiger partial charge in [0.15, 0.2) is 5.43 Å². The van der Waals surface area contributed by atoms with E-state index in [0.29, 0.717) is 22.3 Å². The van der Waals surface area contributed by atoms with Crippen LogP contribution in [0.2, 0.25) is 0 Å². The van der Waals surface area contributed by atoms with Crippen LogP contribution in [0.4, 0.5) is 11.5 Å². The number of nitrogens with zero attached hydrogens (tertiary/aromatic N) is 3. The summed E-state index contributed by atoms with van der Waals surface area (Å²) in [5.41, 5.74) is 2.35. The second-order valence-corrected chi connectivity index (χ2v) is 6.84. The molecule has 2 aromatic heterocycles. The van der Waals surface area contributed by atoms with Gasteiger partial charge < -0.3 is 10.2 Å². The van der Waals surface area contributed by atoms with Crippen molar-refractivity contribution >= 4 is 28.3 Å². The summed E-state index contributed by atoms with van der Waals surface area (Å²) in [7, 11) is 3.36. The molecule has 4 aromatic rings. The van der Waals surface area contributed by atoms with Crippen LogP contribution in [0.5, 0.6) is 0 Å². The van der Waals surface area contributed by atoms with Gasteiger partial charge in [-0.2, -0.15) is 0 Å². The Bertz CT molecular complexity index is 1230.